The molecule has 7 nitrogen and oxygen atoms in total. The van der Waals surface area contributed by atoms with E-state index < -0.39 is 16.2 Å². The van der Waals surface area contributed by atoms with Crippen LogP contribution in [-0.2, 0) is 16.7 Å². The minimum absolute atomic E-state index is 0.0628. The second-order valence-electron chi connectivity index (χ2n) is 8.24. The van der Waals surface area contributed by atoms with Crippen LogP contribution in [0, 0.1) is 0 Å². The molecule has 5 rings (SSSR count). The Morgan fingerprint density at radius 2 is 1.74 bits per heavy atom. The third-order valence-electron chi connectivity index (χ3n) is 6.44. The Balaban J connectivity index is 1.94. The number of benzene rings is 3. The first kappa shape index (κ1) is 20.4. The molecular formula is C23H25NO6S. The summed E-state index contributed by atoms with van der Waals surface area (Å²) in [5.74, 6) is 1.36. The van der Waals surface area contributed by atoms with Gasteiger partial charge in [0.05, 0.1) is 26.6 Å². The number of methoxy groups -OCH3 is 2. The molecule has 31 heavy (non-hydrogen) atoms. The maximum atomic E-state index is 12.0. The highest BCUT2D eigenvalue weighted by Crippen LogP contribution is 2.48. The van der Waals surface area contributed by atoms with E-state index in [-0.39, 0.29) is 11.8 Å². The van der Waals surface area contributed by atoms with Gasteiger partial charge >= 0.3 is 10.1 Å². The third kappa shape index (κ3) is 3.21. The molecule has 3 aromatic carbocycles. The molecule has 0 radical (unpaired) electrons. The number of hydrogen-bond acceptors (Lipinski definition) is 7. The molecule has 2 atom stereocenters. The molecule has 0 amide bonds. The fourth-order valence-corrected chi connectivity index (χ4v) is 5.68. The lowest BCUT2D eigenvalue weighted by Gasteiger charge is -2.37. The molecule has 3 aromatic rings. The topological polar surface area (TPSA) is 85.3 Å². The number of aliphatic hydroxyl groups excluding tert-OH is 1. The first-order valence-electron chi connectivity index (χ1n) is 10.3. The van der Waals surface area contributed by atoms with Gasteiger partial charge in [-0.05, 0) is 64.9 Å². The van der Waals surface area contributed by atoms with E-state index in [1.165, 1.54) is 0 Å². The first-order valence-corrected chi connectivity index (χ1v) is 12.1. The molecule has 0 aromatic heterocycles. The molecule has 1 saturated heterocycles. The fraction of sp³-hybridized carbons (Fsp3) is 0.391. The summed E-state index contributed by atoms with van der Waals surface area (Å²) in [5.41, 5.74) is 1.88. The molecule has 2 aliphatic rings. The van der Waals surface area contributed by atoms with E-state index in [2.05, 4.69) is 4.90 Å². The molecule has 0 unspecified atom stereocenters. The van der Waals surface area contributed by atoms with E-state index in [4.69, 9.17) is 13.7 Å². The Kier molecular flexibility index (Phi) is 4.76. The van der Waals surface area contributed by atoms with Crippen molar-refractivity contribution in [3.05, 3.63) is 41.5 Å². The molecule has 0 saturated carbocycles. The van der Waals surface area contributed by atoms with E-state index in [9.17, 15) is 13.5 Å². The lowest BCUT2D eigenvalue weighted by Crippen LogP contribution is -2.39. The first-order chi connectivity index (χ1) is 14.8. The lowest BCUT2D eigenvalue weighted by molar-refractivity contribution is 0.0552. The van der Waals surface area contributed by atoms with Crippen molar-refractivity contribution in [3.8, 4) is 17.2 Å². The van der Waals surface area contributed by atoms with Gasteiger partial charge in [0.1, 0.15) is 0 Å². The average molecular weight is 444 g/mol. The largest absolute Gasteiger partial charge is 0.493 e. The predicted molar refractivity (Wildman–Crippen MR) is 118 cm³/mol. The molecule has 0 bridgehead atoms. The Morgan fingerprint density at radius 1 is 1.03 bits per heavy atom. The summed E-state index contributed by atoms with van der Waals surface area (Å²) >= 11 is 0. The van der Waals surface area contributed by atoms with Crippen LogP contribution in [0.4, 0.5) is 0 Å². The highest BCUT2D eigenvalue weighted by molar-refractivity contribution is 7.86. The van der Waals surface area contributed by atoms with E-state index in [1.807, 2.05) is 18.2 Å². The number of hydrogen-bond donors (Lipinski definition) is 1. The van der Waals surface area contributed by atoms with Gasteiger partial charge in [0.2, 0.25) is 0 Å². The molecule has 2 aliphatic heterocycles. The summed E-state index contributed by atoms with van der Waals surface area (Å²) in [7, 11) is -0.591. The fourth-order valence-electron chi connectivity index (χ4n) is 5.22. The van der Waals surface area contributed by atoms with Gasteiger partial charge in [-0.3, -0.25) is 4.90 Å². The molecule has 0 spiro atoms. The van der Waals surface area contributed by atoms with Gasteiger partial charge in [0.25, 0.3) is 0 Å². The Labute approximate surface area is 181 Å². The third-order valence-corrected chi connectivity index (χ3v) is 6.92. The van der Waals surface area contributed by atoms with Gasteiger partial charge < -0.3 is 18.8 Å². The Morgan fingerprint density at radius 3 is 2.42 bits per heavy atom. The summed E-state index contributed by atoms with van der Waals surface area (Å²) in [5, 5.41) is 14.5. The van der Waals surface area contributed by atoms with Gasteiger partial charge in [0, 0.05) is 18.0 Å². The molecule has 1 N–H and O–H groups in total. The zero-order chi connectivity index (χ0) is 21.9. The van der Waals surface area contributed by atoms with Gasteiger partial charge in [-0.1, -0.05) is 12.1 Å². The predicted octanol–water partition coefficient (Wildman–Crippen LogP) is 3.36. The molecule has 1 fully saturated rings. The smallest absolute Gasteiger partial charge is 0.306 e. The van der Waals surface area contributed by atoms with E-state index in [0.29, 0.717) is 16.9 Å². The van der Waals surface area contributed by atoms with E-state index in [1.54, 1.807) is 26.4 Å². The summed E-state index contributed by atoms with van der Waals surface area (Å²) in [6, 6.07) is 9.16. The van der Waals surface area contributed by atoms with Crippen LogP contribution in [0.1, 0.15) is 30.1 Å². The minimum atomic E-state index is -3.74. The van der Waals surface area contributed by atoms with Crippen LogP contribution in [-0.4, -0.2) is 51.5 Å². The Bertz CT molecular complexity index is 1300. The molecular weight excluding hydrogens is 418 g/mol. The van der Waals surface area contributed by atoms with Crippen molar-refractivity contribution in [2.45, 2.75) is 31.5 Å². The van der Waals surface area contributed by atoms with Crippen molar-refractivity contribution < 1.29 is 27.2 Å². The highest BCUT2D eigenvalue weighted by Gasteiger charge is 2.39. The van der Waals surface area contributed by atoms with Crippen molar-refractivity contribution in [1.82, 2.24) is 4.90 Å². The number of rotatable bonds is 4. The Hall–Kier alpha value is -2.55. The van der Waals surface area contributed by atoms with Crippen LogP contribution in [0.2, 0.25) is 0 Å². The standard InChI is InChI=1S/C23H25NO6S/c1-28-19-10-14-15(11-20(19)29-2)21-13(6-4-8-18(21)30-31(3,26)27)22-16(14)12-24-9-5-7-17(24)23(22)25/h4,6,8,10-11,17,23,25H,5,7,9,12H2,1-3H3/t17-,23+/m0/s1. The van der Waals surface area contributed by atoms with Crippen molar-refractivity contribution >= 4 is 31.7 Å². The SMILES string of the molecule is COc1cc2c3c(c4cccc(OS(C)(=O)=O)c4c2cc1OC)[C@H](O)[C@@H]1CCCN1C3. The summed E-state index contributed by atoms with van der Waals surface area (Å²) in [6.45, 7) is 1.67. The van der Waals surface area contributed by atoms with Gasteiger partial charge in [-0.15, -0.1) is 0 Å². The molecule has 0 aliphatic carbocycles. The molecule has 8 heteroatoms. The summed E-state index contributed by atoms with van der Waals surface area (Å²) in [6.07, 6.45) is 2.35. The lowest BCUT2D eigenvalue weighted by atomic mass is 9.83. The van der Waals surface area contributed by atoms with Crippen LogP contribution in [0.25, 0.3) is 21.5 Å². The summed E-state index contributed by atoms with van der Waals surface area (Å²) < 4.78 is 40.4. The van der Waals surface area contributed by atoms with Crippen LogP contribution in [0.5, 0.6) is 17.2 Å². The zero-order valence-electron chi connectivity index (χ0n) is 17.7. The number of fused-ring (bicyclic) bond motifs is 7. The second kappa shape index (κ2) is 7.25. The molecule has 2 heterocycles. The highest BCUT2D eigenvalue weighted by atomic mass is 32.2. The quantitative estimate of drug-likeness (QED) is 0.489. The van der Waals surface area contributed by atoms with Crippen molar-refractivity contribution in [1.29, 1.82) is 0 Å². The van der Waals surface area contributed by atoms with Gasteiger partial charge in [0.15, 0.2) is 17.2 Å². The van der Waals surface area contributed by atoms with Crippen LogP contribution >= 0.6 is 0 Å². The average Bonchev–Trinajstić information content (AvgIpc) is 3.20. The van der Waals surface area contributed by atoms with Crippen molar-refractivity contribution in [3.63, 3.8) is 0 Å². The van der Waals surface area contributed by atoms with Gasteiger partial charge in [-0.25, -0.2) is 0 Å². The zero-order valence-corrected chi connectivity index (χ0v) is 18.5. The maximum absolute atomic E-state index is 12.0. The van der Waals surface area contributed by atoms with E-state index >= 15 is 0 Å². The maximum Gasteiger partial charge on any atom is 0.306 e. The van der Waals surface area contributed by atoms with Crippen LogP contribution in [0.15, 0.2) is 30.3 Å². The summed E-state index contributed by atoms with van der Waals surface area (Å²) in [4.78, 5) is 2.33. The van der Waals surface area contributed by atoms with Crippen molar-refractivity contribution in [2.24, 2.45) is 0 Å². The number of aliphatic hydroxyl groups is 1. The normalized spacial score (nSPS) is 21.2. The minimum Gasteiger partial charge on any atom is -0.493 e. The van der Waals surface area contributed by atoms with Crippen LogP contribution in [0.3, 0.4) is 0 Å². The number of nitrogens with zero attached hydrogens (tertiary/aromatic N) is 1. The monoisotopic (exact) mass is 443 g/mol. The van der Waals surface area contributed by atoms with E-state index in [0.717, 1.165) is 59.5 Å². The second-order valence-corrected chi connectivity index (χ2v) is 9.81. The molecule has 164 valence electrons. The van der Waals surface area contributed by atoms with Crippen LogP contribution < -0.4 is 13.7 Å². The van der Waals surface area contributed by atoms with Crippen molar-refractivity contribution in [2.75, 3.05) is 27.0 Å². The number of ether oxygens (including phenoxy) is 2. The van der Waals surface area contributed by atoms with Gasteiger partial charge in [-0.2, -0.15) is 8.42 Å².